The summed E-state index contributed by atoms with van der Waals surface area (Å²) in [6, 6.07) is 11.8. The van der Waals surface area contributed by atoms with E-state index in [0.717, 1.165) is 49.5 Å². The monoisotopic (exact) mass is 397 g/mol. The van der Waals surface area contributed by atoms with Gasteiger partial charge in [0.05, 0.1) is 4.88 Å². The lowest BCUT2D eigenvalue weighted by Crippen LogP contribution is -2.45. The van der Waals surface area contributed by atoms with Gasteiger partial charge in [-0.05, 0) is 67.3 Å². The number of carbonyl (C=O) groups excluding carboxylic acids is 2. The minimum absolute atomic E-state index is 0.0617. The van der Waals surface area contributed by atoms with Gasteiger partial charge in [-0.2, -0.15) is 0 Å². The topological polar surface area (TPSA) is 61.4 Å². The van der Waals surface area contributed by atoms with E-state index in [1.54, 1.807) is 0 Å². The fraction of sp³-hybridized carbons (Fsp3) is 0.455. The van der Waals surface area contributed by atoms with Crippen molar-refractivity contribution >= 4 is 23.2 Å². The molecule has 4 rings (SSSR count). The summed E-state index contributed by atoms with van der Waals surface area (Å²) in [6.07, 6.45) is 4.81. The number of piperidine rings is 1. The first-order valence-electron chi connectivity index (χ1n) is 10.1. The first-order chi connectivity index (χ1) is 13.7. The van der Waals surface area contributed by atoms with Crippen LogP contribution in [0.25, 0.3) is 0 Å². The van der Waals surface area contributed by atoms with Crippen molar-refractivity contribution in [3.05, 3.63) is 57.8 Å². The highest BCUT2D eigenvalue weighted by Gasteiger charge is 2.26. The average molecular weight is 398 g/mol. The molecule has 1 aliphatic carbocycles. The van der Waals surface area contributed by atoms with E-state index in [2.05, 4.69) is 10.6 Å². The summed E-state index contributed by atoms with van der Waals surface area (Å²) >= 11 is 1.43. The van der Waals surface area contributed by atoms with Crippen molar-refractivity contribution in [2.45, 2.75) is 38.3 Å². The smallest absolute Gasteiger partial charge is 0.261 e. The molecular weight excluding hydrogens is 370 g/mol. The van der Waals surface area contributed by atoms with Crippen molar-refractivity contribution in [3.63, 3.8) is 0 Å². The Morgan fingerprint density at radius 3 is 2.43 bits per heavy atom. The molecule has 1 aromatic carbocycles. The minimum Gasteiger partial charge on any atom is -0.347 e. The van der Waals surface area contributed by atoms with Crippen molar-refractivity contribution in [2.24, 2.45) is 5.92 Å². The van der Waals surface area contributed by atoms with Crippen LogP contribution in [0.4, 0.5) is 0 Å². The fourth-order valence-corrected chi connectivity index (χ4v) is 4.21. The second-order valence-corrected chi connectivity index (χ2v) is 8.72. The van der Waals surface area contributed by atoms with E-state index in [4.69, 9.17) is 0 Å². The zero-order chi connectivity index (χ0) is 19.3. The number of amides is 2. The Labute approximate surface area is 170 Å². The van der Waals surface area contributed by atoms with Gasteiger partial charge in [-0.1, -0.05) is 18.2 Å². The molecule has 28 heavy (non-hydrogen) atoms. The van der Waals surface area contributed by atoms with Crippen molar-refractivity contribution in [3.8, 4) is 0 Å². The Kier molecular flexibility index (Phi) is 6.07. The first-order valence-corrected chi connectivity index (χ1v) is 11.0. The van der Waals surface area contributed by atoms with Gasteiger partial charge in [0.2, 0.25) is 0 Å². The number of thiophene rings is 1. The van der Waals surface area contributed by atoms with E-state index in [1.165, 1.54) is 24.2 Å². The molecule has 2 N–H and O–H groups in total. The summed E-state index contributed by atoms with van der Waals surface area (Å²) in [4.78, 5) is 27.4. The number of rotatable bonds is 7. The van der Waals surface area contributed by atoms with E-state index in [0.29, 0.717) is 17.5 Å². The van der Waals surface area contributed by atoms with Crippen LogP contribution in [-0.4, -0.2) is 42.4 Å². The van der Waals surface area contributed by atoms with E-state index >= 15 is 0 Å². The molecule has 2 aliphatic rings. The van der Waals surface area contributed by atoms with Gasteiger partial charge in [-0.25, -0.2) is 0 Å². The summed E-state index contributed by atoms with van der Waals surface area (Å²) in [5, 5.41) is 8.45. The molecule has 2 fully saturated rings. The lowest BCUT2D eigenvalue weighted by Gasteiger charge is -2.32. The summed E-state index contributed by atoms with van der Waals surface area (Å²) in [7, 11) is 0. The van der Waals surface area contributed by atoms with Gasteiger partial charge in [0.15, 0.2) is 0 Å². The summed E-state index contributed by atoms with van der Waals surface area (Å²) in [5.74, 6) is 0.941. The predicted molar refractivity (Wildman–Crippen MR) is 112 cm³/mol. The van der Waals surface area contributed by atoms with Gasteiger partial charge >= 0.3 is 0 Å². The zero-order valence-corrected chi connectivity index (χ0v) is 16.8. The van der Waals surface area contributed by atoms with E-state index in [1.807, 2.05) is 46.7 Å². The van der Waals surface area contributed by atoms with Crippen molar-refractivity contribution in [2.75, 3.05) is 19.6 Å². The second-order valence-electron chi connectivity index (χ2n) is 7.78. The number of nitrogens with one attached hydrogen (secondary N) is 2. The lowest BCUT2D eigenvalue weighted by molar-refractivity contribution is 0.0704. The largest absolute Gasteiger partial charge is 0.347 e. The molecule has 2 heterocycles. The highest BCUT2D eigenvalue weighted by molar-refractivity contribution is 7.12. The molecule has 0 unspecified atom stereocenters. The van der Waals surface area contributed by atoms with Crippen molar-refractivity contribution in [1.82, 2.24) is 15.5 Å². The molecule has 0 bridgehead atoms. The van der Waals surface area contributed by atoms with Gasteiger partial charge in [0, 0.05) is 31.2 Å². The fourth-order valence-electron chi connectivity index (χ4n) is 3.57. The molecular formula is C22H27N3O2S. The first kappa shape index (κ1) is 19.2. The second kappa shape index (κ2) is 8.88. The van der Waals surface area contributed by atoms with Crippen LogP contribution in [0.2, 0.25) is 0 Å². The maximum Gasteiger partial charge on any atom is 0.261 e. The molecule has 0 atom stereocenters. The molecule has 6 heteroatoms. The third-order valence-electron chi connectivity index (χ3n) is 5.57. The molecule has 2 amide bonds. The van der Waals surface area contributed by atoms with E-state index in [9.17, 15) is 9.59 Å². The Hall–Kier alpha value is -2.18. The van der Waals surface area contributed by atoms with Crippen LogP contribution < -0.4 is 10.6 Å². The zero-order valence-electron chi connectivity index (χ0n) is 16.0. The molecule has 1 saturated carbocycles. The van der Waals surface area contributed by atoms with E-state index in [-0.39, 0.29) is 11.8 Å². The Morgan fingerprint density at radius 2 is 1.79 bits per heavy atom. The third-order valence-corrected chi connectivity index (χ3v) is 6.44. The summed E-state index contributed by atoms with van der Waals surface area (Å²) < 4.78 is 0. The number of likely N-dealkylation sites (tertiary alicyclic amines) is 1. The Bertz CT molecular complexity index is 792. The molecule has 1 aliphatic heterocycles. The quantitative estimate of drug-likeness (QED) is 0.754. The van der Waals surface area contributed by atoms with Gasteiger partial charge < -0.3 is 15.5 Å². The van der Waals surface area contributed by atoms with Crippen LogP contribution in [0.3, 0.4) is 0 Å². The van der Waals surface area contributed by atoms with Crippen LogP contribution >= 0.6 is 11.3 Å². The number of benzene rings is 1. The van der Waals surface area contributed by atoms with Gasteiger partial charge in [-0.15, -0.1) is 11.3 Å². The van der Waals surface area contributed by atoms with Crippen LogP contribution in [-0.2, 0) is 6.54 Å². The number of hydrogen-bond donors (Lipinski definition) is 2. The predicted octanol–water partition coefficient (Wildman–Crippen LogP) is 3.28. The highest BCUT2D eigenvalue weighted by Crippen LogP contribution is 2.28. The number of hydrogen-bond acceptors (Lipinski definition) is 4. The standard InChI is InChI=1S/C22H27N3O2S/c26-21(20-2-1-13-28-20)24-15-17-5-7-18(8-6-17)22(27)25-11-9-19(10-12-25)23-14-16-3-4-16/h1-2,5-8,13,16,19,23H,3-4,9-12,14-15H2,(H,24,26). The highest BCUT2D eigenvalue weighted by atomic mass is 32.1. The Morgan fingerprint density at radius 1 is 1.04 bits per heavy atom. The molecule has 0 spiro atoms. The maximum absolute atomic E-state index is 12.8. The lowest BCUT2D eigenvalue weighted by atomic mass is 10.0. The number of carbonyl (C=O) groups is 2. The molecule has 148 valence electrons. The molecule has 1 saturated heterocycles. The van der Waals surface area contributed by atoms with Crippen LogP contribution in [0.5, 0.6) is 0 Å². The summed E-state index contributed by atoms with van der Waals surface area (Å²) in [6.45, 7) is 3.24. The third kappa shape index (κ3) is 5.00. The summed E-state index contributed by atoms with van der Waals surface area (Å²) in [5.41, 5.74) is 1.71. The average Bonchev–Trinajstić information content (AvgIpc) is 3.41. The van der Waals surface area contributed by atoms with Crippen molar-refractivity contribution in [1.29, 1.82) is 0 Å². The van der Waals surface area contributed by atoms with Crippen LogP contribution in [0.1, 0.15) is 51.3 Å². The SMILES string of the molecule is O=C(NCc1ccc(C(=O)N2CCC(NCC3CC3)CC2)cc1)c1cccs1. The van der Waals surface area contributed by atoms with Crippen LogP contribution in [0, 0.1) is 5.92 Å². The van der Waals surface area contributed by atoms with Crippen LogP contribution in [0.15, 0.2) is 41.8 Å². The number of nitrogens with zero attached hydrogens (tertiary/aromatic N) is 1. The van der Waals surface area contributed by atoms with Gasteiger partial charge in [-0.3, -0.25) is 9.59 Å². The molecule has 1 aromatic heterocycles. The minimum atomic E-state index is -0.0617. The molecule has 5 nitrogen and oxygen atoms in total. The van der Waals surface area contributed by atoms with Crippen molar-refractivity contribution < 1.29 is 9.59 Å². The van der Waals surface area contributed by atoms with Gasteiger partial charge in [0.25, 0.3) is 11.8 Å². The van der Waals surface area contributed by atoms with E-state index < -0.39 is 0 Å². The Balaban J connectivity index is 1.24. The normalized spacial score (nSPS) is 17.5. The van der Waals surface area contributed by atoms with Gasteiger partial charge in [0.1, 0.15) is 0 Å². The maximum atomic E-state index is 12.8. The molecule has 2 aromatic rings. The molecule has 0 radical (unpaired) electrons.